The number of carboxylic acid groups (broad SMARTS) is 1. The fourth-order valence-electron chi connectivity index (χ4n) is 1.39. The van der Waals surface area contributed by atoms with E-state index >= 15 is 0 Å². The van der Waals surface area contributed by atoms with Crippen LogP contribution in [0.15, 0.2) is 36.4 Å². The number of hydrogen-bond acceptors (Lipinski definition) is 2. The molecule has 0 saturated carbocycles. The highest BCUT2D eigenvalue weighted by molar-refractivity contribution is 5.80. The van der Waals surface area contributed by atoms with Crippen molar-refractivity contribution in [2.75, 3.05) is 6.61 Å². The van der Waals surface area contributed by atoms with Gasteiger partial charge in [-0.2, -0.15) is 0 Å². The average molecular weight is 250 g/mol. The molecule has 0 radical (unpaired) electrons. The Bertz CT molecular complexity index is 490. The molecule has 0 bridgehead atoms. The number of rotatable bonds is 5. The molecule has 1 N–H and O–H groups in total. The van der Waals surface area contributed by atoms with Crippen LogP contribution in [0.4, 0.5) is 4.39 Å². The van der Waals surface area contributed by atoms with Crippen molar-refractivity contribution in [2.24, 2.45) is 0 Å². The zero-order valence-electron chi connectivity index (χ0n) is 10.3. The molecule has 0 heterocycles. The van der Waals surface area contributed by atoms with Crippen molar-refractivity contribution in [3.05, 3.63) is 47.8 Å². The third kappa shape index (κ3) is 4.05. The lowest BCUT2D eigenvalue weighted by molar-refractivity contribution is -0.131. The van der Waals surface area contributed by atoms with Crippen LogP contribution in [-0.4, -0.2) is 17.7 Å². The fourth-order valence-corrected chi connectivity index (χ4v) is 1.39. The number of aliphatic carboxylic acids is 1. The molecule has 0 fully saturated rings. The summed E-state index contributed by atoms with van der Waals surface area (Å²) in [6.45, 7) is 3.98. The summed E-state index contributed by atoms with van der Waals surface area (Å²) in [5, 5.41) is 8.44. The Morgan fingerprint density at radius 2 is 2.22 bits per heavy atom. The summed E-state index contributed by atoms with van der Waals surface area (Å²) in [6.07, 6.45) is 4.05. The van der Waals surface area contributed by atoms with Crippen molar-refractivity contribution < 1.29 is 19.0 Å². The van der Waals surface area contributed by atoms with E-state index in [1.807, 2.05) is 0 Å². The van der Waals surface area contributed by atoms with Crippen molar-refractivity contribution >= 4 is 11.5 Å². The molecule has 0 aliphatic heterocycles. The lowest BCUT2D eigenvalue weighted by Gasteiger charge is -2.06. The highest BCUT2D eigenvalue weighted by Crippen LogP contribution is 2.22. The molecule has 4 heteroatoms. The summed E-state index contributed by atoms with van der Waals surface area (Å²) in [4.78, 5) is 10.3. The highest BCUT2D eigenvalue weighted by Gasteiger charge is 2.04. The standard InChI is InChI=1S/C14H15FO3/c1-3-18-13-8-7-11(9-12(13)15)10(2)5-4-6-14(16)17/h4-9H,3H2,1-2H3,(H,16,17)/b6-4+,10-5+. The molecular weight excluding hydrogens is 235 g/mol. The largest absolute Gasteiger partial charge is 0.491 e. The third-order valence-electron chi connectivity index (χ3n) is 2.27. The summed E-state index contributed by atoms with van der Waals surface area (Å²) in [5.74, 6) is -1.23. The van der Waals surface area contributed by atoms with Crippen LogP contribution in [0.25, 0.3) is 5.57 Å². The molecule has 96 valence electrons. The van der Waals surface area contributed by atoms with Crippen molar-refractivity contribution in [3.63, 3.8) is 0 Å². The van der Waals surface area contributed by atoms with Gasteiger partial charge in [0.05, 0.1) is 6.61 Å². The first-order chi connectivity index (χ1) is 8.54. The second kappa shape index (κ2) is 6.59. The van der Waals surface area contributed by atoms with Gasteiger partial charge in [0.1, 0.15) is 0 Å². The van der Waals surface area contributed by atoms with E-state index in [0.717, 1.165) is 11.6 Å². The number of ether oxygens (including phenoxy) is 1. The number of halogens is 1. The van der Waals surface area contributed by atoms with Crippen LogP contribution in [0.5, 0.6) is 5.75 Å². The molecule has 0 saturated heterocycles. The van der Waals surface area contributed by atoms with Gasteiger partial charge in [0, 0.05) is 6.08 Å². The van der Waals surface area contributed by atoms with Crippen molar-refractivity contribution in [1.29, 1.82) is 0 Å². The molecule has 1 aromatic rings. The second-order valence-corrected chi connectivity index (χ2v) is 3.63. The van der Waals surface area contributed by atoms with Crippen LogP contribution in [0.3, 0.4) is 0 Å². The molecule has 1 aromatic carbocycles. The summed E-state index contributed by atoms with van der Waals surface area (Å²) < 4.78 is 18.7. The van der Waals surface area contributed by atoms with Crippen LogP contribution in [0.1, 0.15) is 19.4 Å². The van der Waals surface area contributed by atoms with Crippen molar-refractivity contribution in [3.8, 4) is 5.75 Å². The first-order valence-corrected chi connectivity index (χ1v) is 5.55. The molecule has 1 rings (SSSR count). The Kier molecular flexibility index (Phi) is 5.11. The predicted molar refractivity (Wildman–Crippen MR) is 68.0 cm³/mol. The summed E-state index contributed by atoms with van der Waals surface area (Å²) >= 11 is 0. The number of benzene rings is 1. The first-order valence-electron chi connectivity index (χ1n) is 5.55. The van der Waals surface area contributed by atoms with E-state index < -0.39 is 11.8 Å². The number of carboxylic acids is 1. The van der Waals surface area contributed by atoms with Gasteiger partial charge in [0.15, 0.2) is 11.6 Å². The zero-order valence-corrected chi connectivity index (χ0v) is 10.3. The monoisotopic (exact) mass is 250 g/mol. The summed E-state index contributed by atoms with van der Waals surface area (Å²) in [5.41, 5.74) is 1.46. The van der Waals surface area contributed by atoms with Crippen molar-refractivity contribution in [1.82, 2.24) is 0 Å². The van der Waals surface area contributed by atoms with Gasteiger partial charge in [0.25, 0.3) is 0 Å². The molecule has 0 unspecified atom stereocenters. The Balaban J connectivity index is 2.90. The minimum atomic E-state index is -1.02. The third-order valence-corrected chi connectivity index (χ3v) is 2.27. The smallest absolute Gasteiger partial charge is 0.328 e. The van der Waals surface area contributed by atoms with Crippen LogP contribution in [-0.2, 0) is 4.79 Å². The molecular formula is C14H15FO3. The van der Waals surface area contributed by atoms with E-state index in [1.54, 1.807) is 32.1 Å². The van der Waals surface area contributed by atoms with E-state index in [4.69, 9.17) is 9.84 Å². The van der Waals surface area contributed by atoms with Crippen molar-refractivity contribution in [2.45, 2.75) is 13.8 Å². The molecule has 3 nitrogen and oxygen atoms in total. The second-order valence-electron chi connectivity index (χ2n) is 3.63. The van der Waals surface area contributed by atoms with Gasteiger partial charge >= 0.3 is 5.97 Å². The molecule has 0 atom stereocenters. The molecule has 0 aromatic heterocycles. The Hall–Kier alpha value is -2.10. The van der Waals surface area contributed by atoms with Gasteiger partial charge in [-0.15, -0.1) is 0 Å². The van der Waals surface area contributed by atoms with E-state index in [1.165, 1.54) is 12.1 Å². The lowest BCUT2D eigenvalue weighted by atomic mass is 10.1. The average Bonchev–Trinajstić information content (AvgIpc) is 2.31. The number of allylic oxidation sites excluding steroid dienone is 3. The molecule has 0 aliphatic rings. The minimum absolute atomic E-state index is 0.218. The summed E-state index contributed by atoms with van der Waals surface area (Å²) in [6, 6.07) is 4.66. The molecule has 0 amide bonds. The Labute approximate surface area is 105 Å². The zero-order chi connectivity index (χ0) is 13.5. The van der Waals surface area contributed by atoms with Crippen LogP contribution in [0, 0.1) is 5.82 Å². The quantitative estimate of drug-likeness (QED) is 0.644. The first kappa shape index (κ1) is 14.0. The maximum absolute atomic E-state index is 13.6. The van der Waals surface area contributed by atoms with E-state index in [2.05, 4.69) is 0 Å². The maximum atomic E-state index is 13.6. The number of carbonyl (C=O) groups is 1. The van der Waals surface area contributed by atoms with E-state index in [-0.39, 0.29) is 5.75 Å². The van der Waals surface area contributed by atoms with Gasteiger partial charge in [-0.25, -0.2) is 9.18 Å². The predicted octanol–water partition coefficient (Wildman–Crippen LogP) is 3.27. The minimum Gasteiger partial charge on any atom is -0.491 e. The van der Waals surface area contributed by atoms with Gasteiger partial charge < -0.3 is 9.84 Å². The normalized spacial score (nSPS) is 11.8. The Morgan fingerprint density at radius 3 is 2.78 bits per heavy atom. The van der Waals surface area contributed by atoms with E-state index in [0.29, 0.717) is 12.2 Å². The van der Waals surface area contributed by atoms with Gasteiger partial charge in [-0.3, -0.25) is 0 Å². The topological polar surface area (TPSA) is 46.5 Å². The highest BCUT2D eigenvalue weighted by atomic mass is 19.1. The summed E-state index contributed by atoms with van der Waals surface area (Å²) in [7, 11) is 0. The maximum Gasteiger partial charge on any atom is 0.328 e. The van der Waals surface area contributed by atoms with E-state index in [9.17, 15) is 9.18 Å². The Morgan fingerprint density at radius 1 is 1.50 bits per heavy atom. The fraction of sp³-hybridized carbons (Fsp3) is 0.214. The van der Waals surface area contributed by atoms with Crippen LogP contribution < -0.4 is 4.74 Å². The SMILES string of the molecule is CCOc1ccc(/C(C)=C/C=C/C(=O)O)cc1F. The van der Waals surface area contributed by atoms with Gasteiger partial charge in [-0.05, 0) is 37.1 Å². The number of hydrogen-bond donors (Lipinski definition) is 1. The van der Waals surface area contributed by atoms with Gasteiger partial charge in [-0.1, -0.05) is 18.2 Å². The molecule has 0 spiro atoms. The molecule has 18 heavy (non-hydrogen) atoms. The lowest BCUT2D eigenvalue weighted by Crippen LogP contribution is -1.95. The van der Waals surface area contributed by atoms with Crippen LogP contribution >= 0.6 is 0 Å². The molecule has 0 aliphatic carbocycles. The van der Waals surface area contributed by atoms with Gasteiger partial charge in [0.2, 0.25) is 0 Å². The van der Waals surface area contributed by atoms with Crippen LogP contribution in [0.2, 0.25) is 0 Å².